The largest absolute Gasteiger partial charge is 0.454 e. The van der Waals surface area contributed by atoms with Crippen molar-refractivity contribution in [1.29, 1.82) is 0 Å². The number of nitrogens with one attached hydrogen (secondary N) is 1. The lowest BCUT2D eigenvalue weighted by Gasteiger charge is -2.33. The maximum absolute atomic E-state index is 13.3. The molecule has 1 atom stereocenters. The number of fused-ring (bicyclic) bond motifs is 2. The van der Waals surface area contributed by atoms with E-state index in [4.69, 9.17) is 9.47 Å². The van der Waals surface area contributed by atoms with Gasteiger partial charge in [-0.1, -0.05) is 31.5 Å². The van der Waals surface area contributed by atoms with E-state index < -0.39 is 0 Å². The number of tetrazole rings is 1. The first-order chi connectivity index (χ1) is 18.2. The number of aryl methyl sites for hydroxylation is 2. The van der Waals surface area contributed by atoms with E-state index in [1.807, 2.05) is 35.9 Å². The highest BCUT2D eigenvalue weighted by atomic mass is 16.7. The summed E-state index contributed by atoms with van der Waals surface area (Å²) in [6.07, 6.45) is 1.65. The Kier molecular flexibility index (Phi) is 6.96. The monoisotopic (exact) mass is 516 g/mol. The highest BCUT2D eigenvalue weighted by Crippen LogP contribution is 2.35. The third-order valence-corrected chi connectivity index (χ3v) is 7.62. The van der Waals surface area contributed by atoms with E-state index in [1.165, 1.54) is 0 Å². The quantitative estimate of drug-likeness (QED) is 0.328. The van der Waals surface area contributed by atoms with Gasteiger partial charge in [-0.25, -0.2) is 4.68 Å². The average Bonchev–Trinajstić information content (AvgIpc) is 3.55. The Morgan fingerprint density at radius 1 is 1.08 bits per heavy atom. The number of rotatable bonds is 9. The highest BCUT2D eigenvalue weighted by Gasteiger charge is 2.31. The minimum atomic E-state index is -0.244. The van der Waals surface area contributed by atoms with Crippen molar-refractivity contribution in [3.05, 3.63) is 74.8 Å². The zero-order valence-corrected chi connectivity index (χ0v) is 23.0. The van der Waals surface area contributed by atoms with Gasteiger partial charge in [0.2, 0.25) is 6.79 Å². The Bertz CT molecular complexity index is 1520. The second-order valence-electron chi connectivity index (χ2n) is 10.8. The van der Waals surface area contributed by atoms with Gasteiger partial charge in [-0.3, -0.25) is 9.69 Å². The predicted molar refractivity (Wildman–Crippen MR) is 146 cm³/mol. The summed E-state index contributed by atoms with van der Waals surface area (Å²) in [5, 5.41) is 14.0. The van der Waals surface area contributed by atoms with Crippen molar-refractivity contribution in [2.45, 2.75) is 79.1 Å². The van der Waals surface area contributed by atoms with Gasteiger partial charge in [0.1, 0.15) is 0 Å². The van der Waals surface area contributed by atoms with Crippen molar-refractivity contribution in [3.63, 3.8) is 0 Å². The summed E-state index contributed by atoms with van der Waals surface area (Å²) in [5.41, 5.74) is 4.55. The molecule has 1 aliphatic rings. The summed E-state index contributed by atoms with van der Waals surface area (Å²) in [7, 11) is 0. The van der Waals surface area contributed by atoms with Crippen LogP contribution in [-0.2, 0) is 18.6 Å². The maximum Gasteiger partial charge on any atom is 0.252 e. The second-order valence-corrected chi connectivity index (χ2v) is 10.8. The van der Waals surface area contributed by atoms with Gasteiger partial charge in [-0.05, 0) is 91.7 Å². The first kappa shape index (κ1) is 25.9. The Labute approximate surface area is 222 Å². The fourth-order valence-corrected chi connectivity index (χ4v) is 5.21. The van der Waals surface area contributed by atoms with Crippen LogP contribution in [-0.4, -0.2) is 36.9 Å². The molecule has 2 aromatic carbocycles. The van der Waals surface area contributed by atoms with Crippen LogP contribution in [0.25, 0.3) is 10.9 Å². The van der Waals surface area contributed by atoms with E-state index in [9.17, 15) is 4.79 Å². The Morgan fingerprint density at radius 2 is 1.87 bits per heavy atom. The van der Waals surface area contributed by atoms with E-state index >= 15 is 0 Å². The van der Waals surface area contributed by atoms with Crippen LogP contribution in [0, 0.1) is 13.8 Å². The van der Waals surface area contributed by atoms with E-state index in [-0.39, 0.29) is 23.9 Å². The normalized spacial score (nSPS) is 14.0. The third kappa shape index (κ3) is 4.90. The van der Waals surface area contributed by atoms with Crippen LogP contribution >= 0.6 is 0 Å². The molecule has 0 amide bonds. The first-order valence-electron chi connectivity index (χ1n) is 13.2. The third-order valence-electron chi connectivity index (χ3n) is 7.62. The minimum Gasteiger partial charge on any atom is -0.454 e. The number of ether oxygens (including phenoxy) is 2. The molecular weight excluding hydrogens is 480 g/mol. The molecular formula is C29H36N6O3. The van der Waals surface area contributed by atoms with Crippen LogP contribution in [0.1, 0.15) is 74.7 Å². The van der Waals surface area contributed by atoms with Crippen LogP contribution < -0.4 is 15.0 Å². The van der Waals surface area contributed by atoms with E-state index in [0.717, 1.165) is 57.8 Å². The van der Waals surface area contributed by atoms with Crippen molar-refractivity contribution in [2.24, 2.45) is 0 Å². The van der Waals surface area contributed by atoms with Gasteiger partial charge in [0, 0.05) is 18.7 Å². The molecule has 4 aromatic rings. The number of hydrogen-bond acceptors (Lipinski definition) is 7. The minimum absolute atomic E-state index is 0.0801. The van der Waals surface area contributed by atoms with Crippen molar-refractivity contribution in [1.82, 2.24) is 30.1 Å². The Morgan fingerprint density at radius 3 is 2.63 bits per heavy atom. The van der Waals surface area contributed by atoms with Crippen molar-refractivity contribution in [3.8, 4) is 11.5 Å². The number of aromatic nitrogens is 5. The van der Waals surface area contributed by atoms with E-state index in [1.54, 1.807) is 0 Å². The zero-order chi connectivity index (χ0) is 27.0. The molecule has 0 radical (unpaired) electrons. The van der Waals surface area contributed by atoms with Gasteiger partial charge >= 0.3 is 0 Å². The lowest BCUT2D eigenvalue weighted by Crippen LogP contribution is -2.36. The maximum atomic E-state index is 13.3. The van der Waals surface area contributed by atoms with Crippen LogP contribution in [0.15, 0.2) is 41.2 Å². The fraction of sp³-hybridized carbons (Fsp3) is 0.448. The molecule has 1 unspecified atom stereocenters. The van der Waals surface area contributed by atoms with Gasteiger partial charge < -0.3 is 14.5 Å². The molecule has 0 saturated heterocycles. The predicted octanol–water partition coefficient (Wildman–Crippen LogP) is 5.16. The number of hydrogen-bond donors (Lipinski definition) is 1. The Balaban J connectivity index is 1.58. The van der Waals surface area contributed by atoms with Gasteiger partial charge in [0.15, 0.2) is 17.3 Å². The zero-order valence-electron chi connectivity index (χ0n) is 23.0. The molecule has 1 aliphatic heterocycles. The molecule has 2 aromatic heterocycles. The first-order valence-corrected chi connectivity index (χ1v) is 13.2. The van der Waals surface area contributed by atoms with Gasteiger partial charge in [0.25, 0.3) is 5.56 Å². The molecule has 1 N–H and O–H groups in total. The van der Waals surface area contributed by atoms with Crippen LogP contribution in [0.2, 0.25) is 0 Å². The smallest absolute Gasteiger partial charge is 0.252 e. The summed E-state index contributed by atoms with van der Waals surface area (Å²) in [4.78, 5) is 18.7. The van der Waals surface area contributed by atoms with Crippen molar-refractivity contribution < 1.29 is 9.47 Å². The summed E-state index contributed by atoms with van der Waals surface area (Å²) in [6.45, 7) is 13.9. The number of H-pyrrole nitrogens is 1. The van der Waals surface area contributed by atoms with E-state index in [2.05, 4.69) is 72.2 Å². The standard InChI is InChI=1S/C29H36N6O3/c1-7-23(27-31-32-33-35(27)29(5,6)8-2)34(15-20-9-10-24-25(13-20)38-17-37-24)16-22-14-21-12-18(3)11-19(4)26(21)30-28(22)36/h9-14,23H,7-8,15-17H2,1-6H3,(H,30,36). The van der Waals surface area contributed by atoms with Crippen LogP contribution in [0.3, 0.4) is 0 Å². The lowest BCUT2D eigenvalue weighted by molar-refractivity contribution is 0.150. The Hall–Kier alpha value is -3.72. The van der Waals surface area contributed by atoms with Crippen molar-refractivity contribution in [2.75, 3.05) is 6.79 Å². The van der Waals surface area contributed by atoms with Gasteiger partial charge in [-0.2, -0.15) is 0 Å². The highest BCUT2D eigenvalue weighted by molar-refractivity contribution is 5.82. The van der Waals surface area contributed by atoms with Crippen LogP contribution in [0.5, 0.6) is 11.5 Å². The second kappa shape index (κ2) is 10.2. The molecule has 5 rings (SSSR count). The topological polar surface area (TPSA) is 98.2 Å². The molecule has 0 bridgehead atoms. The molecule has 0 aliphatic carbocycles. The average molecular weight is 517 g/mol. The molecule has 200 valence electrons. The number of pyridine rings is 1. The molecule has 38 heavy (non-hydrogen) atoms. The molecule has 0 spiro atoms. The molecule has 9 nitrogen and oxygen atoms in total. The molecule has 0 fully saturated rings. The van der Waals surface area contributed by atoms with Crippen LogP contribution in [0.4, 0.5) is 0 Å². The number of benzene rings is 2. The molecule has 9 heteroatoms. The number of nitrogens with zero attached hydrogens (tertiary/aromatic N) is 5. The molecule has 0 saturated carbocycles. The molecule has 3 heterocycles. The number of aromatic amines is 1. The van der Waals surface area contributed by atoms with E-state index in [0.29, 0.717) is 18.7 Å². The van der Waals surface area contributed by atoms with Crippen molar-refractivity contribution >= 4 is 10.9 Å². The summed E-state index contributed by atoms with van der Waals surface area (Å²) in [6, 6.07) is 12.1. The SMILES string of the molecule is CCC(c1nnnn1C(C)(C)CC)N(Cc1ccc2c(c1)OCO2)Cc1cc2cc(C)cc(C)c2[nH]c1=O. The fourth-order valence-electron chi connectivity index (χ4n) is 5.21. The van der Waals surface area contributed by atoms with Gasteiger partial charge in [0.05, 0.1) is 17.1 Å². The summed E-state index contributed by atoms with van der Waals surface area (Å²) >= 11 is 0. The van der Waals surface area contributed by atoms with Gasteiger partial charge in [-0.15, -0.1) is 5.10 Å². The summed E-state index contributed by atoms with van der Waals surface area (Å²) < 4.78 is 13.1. The summed E-state index contributed by atoms with van der Waals surface area (Å²) in [5.74, 6) is 2.28. The lowest BCUT2D eigenvalue weighted by atomic mass is 10.0.